The van der Waals surface area contributed by atoms with Crippen LogP contribution in [-0.4, -0.2) is 39.3 Å². The lowest BCUT2D eigenvalue weighted by atomic mass is 10.1. The minimum Gasteiger partial charge on any atom is -0.465 e. The van der Waals surface area contributed by atoms with E-state index >= 15 is 0 Å². The van der Waals surface area contributed by atoms with Crippen LogP contribution in [0.25, 0.3) is 0 Å². The number of hydrogen-bond donors (Lipinski definition) is 0. The highest BCUT2D eigenvalue weighted by atomic mass is 32.2. The lowest BCUT2D eigenvalue weighted by Crippen LogP contribution is -2.24. The third-order valence-corrected chi connectivity index (χ3v) is 2.71. The highest BCUT2D eigenvalue weighted by molar-refractivity contribution is 7.86. The molecule has 0 spiro atoms. The van der Waals surface area contributed by atoms with Crippen LogP contribution >= 0.6 is 0 Å². The van der Waals surface area contributed by atoms with Crippen LogP contribution in [0.4, 0.5) is 0 Å². The summed E-state index contributed by atoms with van der Waals surface area (Å²) in [7, 11) is -2.64. The van der Waals surface area contributed by atoms with E-state index in [1.807, 2.05) is 0 Å². The quantitative estimate of drug-likeness (QED) is 0.613. The molecule has 0 bridgehead atoms. The first-order chi connectivity index (χ1) is 9.91. The largest absolute Gasteiger partial charge is 0.465 e. The average molecular weight is 330 g/mol. The van der Waals surface area contributed by atoms with Crippen molar-refractivity contribution in [3.63, 3.8) is 0 Å². The minimum atomic E-state index is -3.81. The molecule has 0 aliphatic rings. The topological polar surface area (TPSA) is 96.0 Å². The molecule has 1 aromatic rings. The Labute approximate surface area is 129 Å². The molecule has 0 aromatic heterocycles. The van der Waals surface area contributed by atoms with Crippen molar-refractivity contribution in [2.24, 2.45) is 0 Å². The van der Waals surface area contributed by atoms with Crippen molar-refractivity contribution in [1.29, 1.82) is 0 Å². The first-order valence-corrected chi connectivity index (χ1v) is 8.09. The molecule has 0 saturated carbocycles. The third-order valence-electron chi connectivity index (χ3n) is 2.21. The monoisotopic (exact) mass is 330 g/mol. The van der Waals surface area contributed by atoms with Gasteiger partial charge >= 0.3 is 22.1 Å². The maximum absolute atomic E-state index is 12.1. The molecule has 0 N–H and O–H groups in total. The summed E-state index contributed by atoms with van der Waals surface area (Å²) in [6.07, 6.45) is 0.852. The molecule has 7 nitrogen and oxygen atoms in total. The fourth-order valence-corrected chi connectivity index (χ4v) is 1.96. The number of hydrogen-bond acceptors (Lipinski definition) is 7. The highest BCUT2D eigenvalue weighted by Crippen LogP contribution is 2.22. The van der Waals surface area contributed by atoms with Gasteiger partial charge < -0.3 is 13.7 Å². The molecular formula is C14H18O7S. The molecule has 0 saturated heterocycles. The van der Waals surface area contributed by atoms with Crippen LogP contribution in [0.1, 0.15) is 41.5 Å². The van der Waals surface area contributed by atoms with E-state index in [0.29, 0.717) is 0 Å². The van der Waals surface area contributed by atoms with Gasteiger partial charge in [0, 0.05) is 0 Å². The van der Waals surface area contributed by atoms with Crippen molar-refractivity contribution in [3.05, 3.63) is 29.3 Å². The highest BCUT2D eigenvalue weighted by Gasteiger charge is 2.21. The summed E-state index contributed by atoms with van der Waals surface area (Å²) in [6, 6.07) is 3.59. The smallest absolute Gasteiger partial charge is 0.338 e. The number of methoxy groups -OCH3 is 1. The average Bonchev–Trinajstić information content (AvgIpc) is 2.33. The zero-order valence-electron chi connectivity index (χ0n) is 13.0. The van der Waals surface area contributed by atoms with Crippen LogP contribution in [0.5, 0.6) is 5.75 Å². The Morgan fingerprint density at radius 2 is 1.50 bits per heavy atom. The first kappa shape index (κ1) is 18.0. The molecule has 0 radical (unpaired) electrons. The van der Waals surface area contributed by atoms with Crippen LogP contribution in [0, 0.1) is 0 Å². The summed E-state index contributed by atoms with van der Waals surface area (Å²) in [6.45, 7) is 5.05. The number of benzene rings is 1. The van der Waals surface area contributed by atoms with Crippen LogP contribution in [0.2, 0.25) is 0 Å². The Bertz CT molecular complexity index is 684. The van der Waals surface area contributed by atoms with E-state index in [9.17, 15) is 18.0 Å². The molecule has 0 heterocycles. The van der Waals surface area contributed by atoms with Crippen molar-refractivity contribution in [3.8, 4) is 5.75 Å². The summed E-state index contributed by atoms with van der Waals surface area (Å²) < 4.78 is 36.9. The van der Waals surface area contributed by atoms with Gasteiger partial charge in [-0.15, -0.1) is 0 Å². The number of carbonyl (C=O) groups is 2. The first-order valence-electron chi connectivity index (χ1n) is 6.27. The van der Waals surface area contributed by atoms with E-state index < -0.39 is 27.7 Å². The maximum atomic E-state index is 12.1. The molecule has 0 aliphatic heterocycles. The van der Waals surface area contributed by atoms with Gasteiger partial charge in [-0.25, -0.2) is 9.59 Å². The van der Waals surface area contributed by atoms with Gasteiger partial charge in [0.25, 0.3) is 0 Å². The maximum Gasteiger partial charge on any atom is 0.338 e. The molecule has 22 heavy (non-hydrogen) atoms. The van der Waals surface area contributed by atoms with Gasteiger partial charge in [0.1, 0.15) is 11.4 Å². The van der Waals surface area contributed by atoms with Gasteiger partial charge in [-0.2, -0.15) is 8.42 Å². The van der Waals surface area contributed by atoms with Crippen molar-refractivity contribution in [2.75, 3.05) is 13.4 Å². The summed E-state index contributed by atoms with van der Waals surface area (Å²) >= 11 is 0. The normalized spacial score (nSPS) is 11.7. The van der Waals surface area contributed by atoms with Gasteiger partial charge in [0.05, 0.1) is 24.5 Å². The molecule has 1 aromatic carbocycles. The second-order valence-electron chi connectivity index (χ2n) is 5.53. The Kier molecular flexibility index (Phi) is 5.18. The Morgan fingerprint density at radius 3 is 1.91 bits per heavy atom. The standard InChI is InChI=1S/C14H18O7S/c1-14(2,3)20-13(16)10-6-9(12(15)19-4)7-11(8-10)21-22(5,17)18/h6-8H,1-5H3. The fourth-order valence-electron chi connectivity index (χ4n) is 1.51. The zero-order chi connectivity index (χ0) is 17.1. The van der Waals surface area contributed by atoms with Gasteiger partial charge in [-0.3, -0.25) is 0 Å². The van der Waals surface area contributed by atoms with E-state index in [1.165, 1.54) is 25.3 Å². The van der Waals surface area contributed by atoms with Crippen LogP contribution in [-0.2, 0) is 19.6 Å². The SMILES string of the molecule is COC(=O)c1cc(OS(C)(=O)=O)cc(C(=O)OC(C)(C)C)c1. The van der Waals surface area contributed by atoms with Crippen LogP contribution in [0.3, 0.4) is 0 Å². The lowest BCUT2D eigenvalue weighted by Gasteiger charge is -2.19. The van der Waals surface area contributed by atoms with E-state index in [4.69, 9.17) is 8.92 Å². The van der Waals surface area contributed by atoms with Crippen molar-refractivity contribution in [2.45, 2.75) is 26.4 Å². The molecule has 0 unspecified atom stereocenters. The Balaban J connectivity index is 3.29. The zero-order valence-corrected chi connectivity index (χ0v) is 13.8. The van der Waals surface area contributed by atoms with Crippen molar-refractivity contribution < 1.29 is 31.7 Å². The third kappa shape index (κ3) is 5.72. The molecule has 0 fully saturated rings. The fraction of sp³-hybridized carbons (Fsp3) is 0.429. The number of carbonyl (C=O) groups excluding carboxylic acids is 2. The molecule has 8 heteroatoms. The van der Waals surface area contributed by atoms with Gasteiger partial charge in [0.15, 0.2) is 0 Å². The molecule has 0 amide bonds. The molecule has 122 valence electrons. The molecule has 0 atom stereocenters. The second-order valence-corrected chi connectivity index (χ2v) is 7.10. The van der Waals surface area contributed by atoms with Crippen molar-refractivity contribution >= 4 is 22.1 Å². The predicted octanol–water partition coefficient (Wildman–Crippen LogP) is 1.77. The molecule has 0 aliphatic carbocycles. The van der Waals surface area contributed by atoms with E-state index in [0.717, 1.165) is 6.26 Å². The predicted molar refractivity (Wildman–Crippen MR) is 78.4 cm³/mol. The summed E-state index contributed by atoms with van der Waals surface area (Å²) in [5, 5.41) is 0. The summed E-state index contributed by atoms with van der Waals surface area (Å²) in [5.41, 5.74) is -0.781. The number of esters is 2. The van der Waals surface area contributed by atoms with Crippen molar-refractivity contribution in [1.82, 2.24) is 0 Å². The lowest BCUT2D eigenvalue weighted by molar-refractivity contribution is 0.00691. The van der Waals surface area contributed by atoms with Gasteiger partial charge in [-0.1, -0.05) is 0 Å². The molecule has 1 rings (SSSR count). The minimum absolute atomic E-state index is 0.0172. The summed E-state index contributed by atoms with van der Waals surface area (Å²) in [4.78, 5) is 23.7. The van der Waals surface area contributed by atoms with Gasteiger partial charge in [-0.05, 0) is 39.0 Å². The number of rotatable bonds is 4. The number of ether oxygens (including phenoxy) is 2. The Hall–Kier alpha value is -2.09. The second kappa shape index (κ2) is 6.35. The van der Waals surface area contributed by atoms with E-state index in [1.54, 1.807) is 20.8 Å². The van der Waals surface area contributed by atoms with Gasteiger partial charge in [0.2, 0.25) is 0 Å². The van der Waals surface area contributed by atoms with Crippen LogP contribution in [0.15, 0.2) is 18.2 Å². The summed E-state index contributed by atoms with van der Waals surface area (Å²) in [5.74, 6) is -1.62. The Morgan fingerprint density at radius 1 is 1.00 bits per heavy atom. The van der Waals surface area contributed by atoms with E-state index in [-0.39, 0.29) is 16.9 Å². The van der Waals surface area contributed by atoms with E-state index in [2.05, 4.69) is 4.74 Å². The molecular weight excluding hydrogens is 312 g/mol. The van der Waals surface area contributed by atoms with Crippen LogP contribution < -0.4 is 4.18 Å².